The van der Waals surface area contributed by atoms with Crippen LogP contribution in [-0.4, -0.2) is 20.9 Å². The monoisotopic (exact) mass is 382 g/mol. The molecular weight excluding hydrogens is 364 g/mol. The van der Waals surface area contributed by atoms with E-state index in [4.69, 9.17) is 4.42 Å². The highest BCUT2D eigenvalue weighted by Crippen LogP contribution is 2.34. The average Bonchev–Trinajstić information content (AvgIpc) is 3.23. The van der Waals surface area contributed by atoms with Gasteiger partial charge >= 0.3 is 0 Å². The van der Waals surface area contributed by atoms with Crippen LogP contribution in [0.5, 0.6) is 0 Å². The molecule has 0 bridgehead atoms. The van der Waals surface area contributed by atoms with Crippen LogP contribution in [0.4, 0.5) is 11.4 Å². The lowest BCUT2D eigenvalue weighted by Crippen LogP contribution is -2.35. The third kappa shape index (κ3) is 3.33. The van der Waals surface area contributed by atoms with E-state index in [1.165, 1.54) is 10.6 Å². The van der Waals surface area contributed by atoms with Gasteiger partial charge in [0, 0.05) is 12.2 Å². The third-order valence-corrected chi connectivity index (χ3v) is 6.32. The Balaban J connectivity index is 1.68. The van der Waals surface area contributed by atoms with Crippen molar-refractivity contribution >= 4 is 27.3 Å². The molecule has 7 heteroatoms. The van der Waals surface area contributed by atoms with Gasteiger partial charge < -0.3 is 9.73 Å². The summed E-state index contributed by atoms with van der Waals surface area (Å²) in [6.45, 7) is 0.403. The zero-order chi connectivity index (χ0) is 18.9. The SMILES string of the molecule is O=C(Nc1ccc2c(c1)N(S(=O)(=O)c1ccccc1)CCC2)c1ccco1. The molecule has 0 unspecified atom stereocenters. The van der Waals surface area contributed by atoms with E-state index in [0.717, 1.165) is 18.4 Å². The van der Waals surface area contributed by atoms with Crippen molar-refractivity contribution in [2.45, 2.75) is 17.7 Å². The fourth-order valence-electron chi connectivity index (χ4n) is 3.19. The normalized spacial score (nSPS) is 13.9. The fraction of sp³-hybridized carbons (Fsp3) is 0.150. The third-order valence-electron chi connectivity index (χ3n) is 4.50. The van der Waals surface area contributed by atoms with E-state index in [9.17, 15) is 13.2 Å². The Labute approximate surface area is 157 Å². The minimum Gasteiger partial charge on any atom is -0.459 e. The number of hydrogen-bond acceptors (Lipinski definition) is 4. The lowest BCUT2D eigenvalue weighted by molar-refractivity contribution is 0.0996. The molecule has 4 rings (SSSR count). The van der Waals surface area contributed by atoms with E-state index in [0.29, 0.717) is 17.9 Å². The number of benzene rings is 2. The minimum absolute atomic E-state index is 0.196. The van der Waals surface area contributed by atoms with Crippen molar-refractivity contribution in [3.63, 3.8) is 0 Å². The Kier molecular flexibility index (Phi) is 4.45. The second-order valence-corrected chi connectivity index (χ2v) is 8.13. The Morgan fingerprint density at radius 3 is 2.59 bits per heavy atom. The van der Waals surface area contributed by atoms with Crippen LogP contribution < -0.4 is 9.62 Å². The summed E-state index contributed by atoms with van der Waals surface area (Å²) in [6, 6.07) is 16.9. The van der Waals surface area contributed by atoms with Gasteiger partial charge in [-0.2, -0.15) is 0 Å². The number of amides is 1. The summed E-state index contributed by atoms with van der Waals surface area (Å²) in [4.78, 5) is 12.5. The van der Waals surface area contributed by atoms with Crippen LogP contribution in [0.25, 0.3) is 0 Å². The summed E-state index contributed by atoms with van der Waals surface area (Å²) >= 11 is 0. The predicted molar refractivity (Wildman–Crippen MR) is 102 cm³/mol. The summed E-state index contributed by atoms with van der Waals surface area (Å²) in [5.74, 6) is -0.185. The number of nitrogens with zero attached hydrogens (tertiary/aromatic N) is 1. The first-order chi connectivity index (χ1) is 13.1. The maximum absolute atomic E-state index is 13.1. The standard InChI is InChI=1S/C20H18N2O4S/c23-20(19-9-5-13-26-19)21-16-11-10-15-6-4-12-22(18(15)14-16)27(24,25)17-7-2-1-3-8-17/h1-3,5,7-11,13-14H,4,6,12H2,(H,21,23). The molecule has 1 N–H and O–H groups in total. The van der Waals surface area contributed by atoms with Gasteiger partial charge in [0.25, 0.3) is 15.9 Å². The quantitative estimate of drug-likeness (QED) is 0.747. The number of fused-ring (bicyclic) bond motifs is 1. The van der Waals surface area contributed by atoms with Crippen molar-refractivity contribution in [3.8, 4) is 0 Å². The van der Waals surface area contributed by atoms with Gasteiger partial charge in [0.1, 0.15) is 0 Å². The van der Waals surface area contributed by atoms with Crippen molar-refractivity contribution in [3.05, 3.63) is 78.3 Å². The van der Waals surface area contributed by atoms with Crippen LogP contribution in [0.3, 0.4) is 0 Å². The van der Waals surface area contributed by atoms with Crippen LogP contribution in [0, 0.1) is 0 Å². The molecule has 0 radical (unpaired) electrons. The summed E-state index contributed by atoms with van der Waals surface area (Å²) in [5, 5.41) is 2.75. The molecule has 138 valence electrons. The number of rotatable bonds is 4. The van der Waals surface area contributed by atoms with Gasteiger partial charge in [0.2, 0.25) is 0 Å². The first kappa shape index (κ1) is 17.4. The number of sulfonamides is 1. The molecule has 0 spiro atoms. The van der Waals surface area contributed by atoms with Crippen LogP contribution >= 0.6 is 0 Å². The van der Waals surface area contributed by atoms with E-state index in [1.54, 1.807) is 54.6 Å². The first-order valence-corrected chi connectivity index (χ1v) is 10.1. The summed E-state index contributed by atoms with van der Waals surface area (Å²) < 4.78 is 32.7. The molecule has 1 aromatic heterocycles. The first-order valence-electron chi connectivity index (χ1n) is 8.61. The Bertz CT molecular complexity index is 1060. The van der Waals surface area contributed by atoms with E-state index >= 15 is 0 Å². The number of carbonyl (C=O) groups is 1. The number of carbonyl (C=O) groups excluding carboxylic acids is 1. The van der Waals surface area contributed by atoms with E-state index in [-0.39, 0.29) is 16.6 Å². The molecule has 1 aliphatic rings. The van der Waals surface area contributed by atoms with Crippen LogP contribution in [0.15, 0.2) is 76.2 Å². The van der Waals surface area contributed by atoms with Crippen molar-refractivity contribution in [1.82, 2.24) is 0 Å². The molecular formula is C20H18N2O4S. The molecule has 0 atom stereocenters. The molecule has 2 heterocycles. The highest BCUT2D eigenvalue weighted by molar-refractivity contribution is 7.92. The molecule has 27 heavy (non-hydrogen) atoms. The van der Waals surface area contributed by atoms with Gasteiger partial charge in [-0.1, -0.05) is 24.3 Å². The molecule has 0 aliphatic carbocycles. The highest BCUT2D eigenvalue weighted by Gasteiger charge is 2.29. The topological polar surface area (TPSA) is 79.6 Å². The fourth-order valence-corrected chi connectivity index (χ4v) is 4.74. The molecule has 2 aromatic carbocycles. The second kappa shape index (κ2) is 6.92. The van der Waals surface area contributed by atoms with Gasteiger partial charge in [-0.15, -0.1) is 0 Å². The van der Waals surface area contributed by atoms with Crippen LogP contribution in [-0.2, 0) is 16.4 Å². The maximum atomic E-state index is 13.1. The maximum Gasteiger partial charge on any atom is 0.291 e. The highest BCUT2D eigenvalue weighted by atomic mass is 32.2. The van der Waals surface area contributed by atoms with Gasteiger partial charge in [0.15, 0.2) is 5.76 Å². The lowest BCUT2D eigenvalue weighted by atomic mass is 10.0. The number of aryl methyl sites for hydroxylation is 1. The number of nitrogens with one attached hydrogen (secondary N) is 1. The van der Waals surface area contributed by atoms with Crippen LogP contribution in [0.1, 0.15) is 22.5 Å². The van der Waals surface area contributed by atoms with Crippen molar-refractivity contribution in [2.24, 2.45) is 0 Å². The molecule has 1 aliphatic heterocycles. The van der Waals surface area contributed by atoms with Gasteiger partial charge in [-0.3, -0.25) is 9.10 Å². The van der Waals surface area contributed by atoms with E-state index in [1.807, 2.05) is 6.07 Å². The van der Waals surface area contributed by atoms with Crippen molar-refractivity contribution in [1.29, 1.82) is 0 Å². The summed E-state index contributed by atoms with van der Waals surface area (Å²) in [5.41, 5.74) is 2.06. The van der Waals surface area contributed by atoms with E-state index in [2.05, 4.69) is 5.32 Å². The van der Waals surface area contributed by atoms with E-state index < -0.39 is 10.0 Å². The number of hydrogen-bond donors (Lipinski definition) is 1. The zero-order valence-electron chi connectivity index (χ0n) is 14.5. The van der Waals surface area contributed by atoms with Gasteiger partial charge in [0.05, 0.1) is 16.8 Å². The molecule has 1 amide bonds. The molecule has 0 saturated carbocycles. The van der Waals surface area contributed by atoms with Crippen molar-refractivity contribution < 1.29 is 17.6 Å². The van der Waals surface area contributed by atoms with Gasteiger partial charge in [-0.25, -0.2) is 8.42 Å². The zero-order valence-corrected chi connectivity index (χ0v) is 15.3. The van der Waals surface area contributed by atoms with Gasteiger partial charge in [-0.05, 0) is 54.8 Å². The van der Waals surface area contributed by atoms with Crippen molar-refractivity contribution in [2.75, 3.05) is 16.2 Å². The summed E-state index contributed by atoms with van der Waals surface area (Å²) in [7, 11) is -3.66. The largest absolute Gasteiger partial charge is 0.459 e. The smallest absolute Gasteiger partial charge is 0.291 e. The predicted octanol–water partition coefficient (Wildman–Crippen LogP) is 3.67. The Morgan fingerprint density at radius 2 is 1.85 bits per heavy atom. The number of furan rings is 1. The summed E-state index contributed by atoms with van der Waals surface area (Å²) in [6.07, 6.45) is 2.97. The molecule has 6 nitrogen and oxygen atoms in total. The Hall–Kier alpha value is -3.06. The Morgan fingerprint density at radius 1 is 1.04 bits per heavy atom. The molecule has 0 saturated heterocycles. The average molecular weight is 382 g/mol. The lowest BCUT2D eigenvalue weighted by Gasteiger charge is -2.31. The minimum atomic E-state index is -3.66. The molecule has 0 fully saturated rings. The number of anilines is 2. The van der Waals surface area contributed by atoms with Crippen LogP contribution in [0.2, 0.25) is 0 Å². The molecule has 3 aromatic rings. The second-order valence-electron chi connectivity index (χ2n) is 6.27.